The second-order valence-electron chi connectivity index (χ2n) is 5.94. The van der Waals surface area contributed by atoms with E-state index in [1.165, 1.54) is 12.1 Å². The molecule has 8 heteroatoms. The number of hydrogen-bond acceptors (Lipinski definition) is 6. The molecule has 0 bridgehead atoms. The molecule has 1 aliphatic rings. The van der Waals surface area contributed by atoms with E-state index in [1.807, 2.05) is 4.90 Å². The van der Waals surface area contributed by atoms with Gasteiger partial charge < -0.3 is 4.90 Å². The maximum Gasteiger partial charge on any atom is 0.269 e. The molecule has 1 aromatic carbocycles. The summed E-state index contributed by atoms with van der Waals surface area (Å²) < 4.78 is 0. The van der Waals surface area contributed by atoms with E-state index in [0.717, 1.165) is 25.9 Å². The molecule has 1 N–H and O–H groups in total. The molecule has 1 aliphatic heterocycles. The Morgan fingerprint density at radius 1 is 1.12 bits per heavy atom. The summed E-state index contributed by atoms with van der Waals surface area (Å²) >= 11 is 0. The Bertz CT molecular complexity index is 1010. The first kappa shape index (κ1) is 15.3. The molecule has 0 atom stereocenters. The van der Waals surface area contributed by atoms with Crippen LogP contribution in [0.5, 0.6) is 0 Å². The average Bonchev–Trinajstić information content (AvgIpc) is 3.16. The minimum absolute atomic E-state index is 0.00506. The topological polar surface area (TPSA) is 105 Å². The van der Waals surface area contributed by atoms with Crippen molar-refractivity contribution in [3.05, 3.63) is 57.0 Å². The maximum atomic E-state index is 12.7. The van der Waals surface area contributed by atoms with E-state index >= 15 is 0 Å². The number of pyridine rings is 1. The number of aromatic nitrogens is 3. The van der Waals surface area contributed by atoms with E-state index in [1.54, 1.807) is 24.4 Å². The molecule has 1 saturated heterocycles. The highest BCUT2D eigenvalue weighted by Crippen LogP contribution is 2.27. The van der Waals surface area contributed by atoms with E-state index in [0.29, 0.717) is 28.1 Å². The van der Waals surface area contributed by atoms with Crippen LogP contribution >= 0.6 is 0 Å². The van der Waals surface area contributed by atoms with Gasteiger partial charge in [-0.25, -0.2) is 4.98 Å². The number of nitro benzene ring substituents is 1. The smallest absolute Gasteiger partial charge is 0.269 e. The van der Waals surface area contributed by atoms with Crippen molar-refractivity contribution in [3.8, 4) is 11.1 Å². The monoisotopic (exact) mass is 337 g/mol. The third-order valence-corrected chi connectivity index (χ3v) is 4.39. The van der Waals surface area contributed by atoms with Crippen LogP contribution in [0.25, 0.3) is 22.2 Å². The van der Waals surface area contributed by atoms with Gasteiger partial charge in [-0.05, 0) is 42.2 Å². The van der Waals surface area contributed by atoms with Gasteiger partial charge in [-0.3, -0.25) is 19.9 Å². The highest BCUT2D eigenvalue weighted by Gasteiger charge is 2.18. The third kappa shape index (κ3) is 2.71. The first-order valence-corrected chi connectivity index (χ1v) is 8.02. The fourth-order valence-corrected chi connectivity index (χ4v) is 3.13. The molecule has 0 radical (unpaired) electrons. The third-order valence-electron chi connectivity index (χ3n) is 4.39. The maximum absolute atomic E-state index is 12.7. The molecule has 3 aromatic rings. The van der Waals surface area contributed by atoms with Crippen LogP contribution in [0.15, 0.2) is 41.3 Å². The number of nitro groups is 1. The lowest BCUT2D eigenvalue weighted by Crippen LogP contribution is -2.24. The van der Waals surface area contributed by atoms with Crippen molar-refractivity contribution in [2.75, 3.05) is 18.0 Å². The van der Waals surface area contributed by atoms with Crippen LogP contribution < -0.4 is 10.5 Å². The quantitative estimate of drug-likeness (QED) is 0.581. The number of non-ortho nitro benzene ring substituents is 1. The molecule has 0 aliphatic carbocycles. The molecular weight excluding hydrogens is 322 g/mol. The average molecular weight is 337 g/mol. The molecule has 8 nitrogen and oxygen atoms in total. The zero-order valence-corrected chi connectivity index (χ0v) is 13.3. The minimum atomic E-state index is -0.453. The van der Waals surface area contributed by atoms with E-state index in [2.05, 4.69) is 15.0 Å². The Labute approximate surface area is 142 Å². The lowest BCUT2D eigenvalue weighted by molar-refractivity contribution is -0.384. The number of hydrogen-bond donors (Lipinski definition) is 1. The highest BCUT2D eigenvalue weighted by atomic mass is 16.6. The number of benzene rings is 1. The number of aromatic amines is 1. The normalized spacial score (nSPS) is 14.2. The number of nitrogens with zero attached hydrogens (tertiary/aromatic N) is 4. The molecule has 1 fully saturated rings. The van der Waals surface area contributed by atoms with Gasteiger partial charge in [0.15, 0.2) is 5.65 Å². The first-order valence-electron chi connectivity index (χ1n) is 8.02. The fraction of sp³-hybridized carbons (Fsp3) is 0.235. The fourth-order valence-electron chi connectivity index (χ4n) is 3.13. The Balaban J connectivity index is 1.84. The van der Waals surface area contributed by atoms with Crippen molar-refractivity contribution in [3.63, 3.8) is 0 Å². The van der Waals surface area contributed by atoms with Gasteiger partial charge in [0.1, 0.15) is 0 Å². The summed E-state index contributed by atoms with van der Waals surface area (Å²) in [4.78, 5) is 36.6. The molecule has 0 saturated carbocycles. The summed E-state index contributed by atoms with van der Waals surface area (Å²) in [6.45, 7) is 1.74. The van der Waals surface area contributed by atoms with Crippen LogP contribution in [-0.2, 0) is 0 Å². The molecule has 0 amide bonds. The number of H-pyrrole nitrogens is 1. The number of anilines is 1. The van der Waals surface area contributed by atoms with E-state index in [9.17, 15) is 14.9 Å². The van der Waals surface area contributed by atoms with Gasteiger partial charge in [0.25, 0.3) is 11.2 Å². The van der Waals surface area contributed by atoms with Crippen molar-refractivity contribution in [1.82, 2.24) is 15.0 Å². The Hall–Kier alpha value is -3.29. The second-order valence-corrected chi connectivity index (χ2v) is 5.94. The molecule has 3 heterocycles. The molecule has 2 aromatic heterocycles. The van der Waals surface area contributed by atoms with Crippen molar-refractivity contribution in [2.24, 2.45) is 0 Å². The molecule has 0 unspecified atom stereocenters. The molecule has 0 spiro atoms. The molecule has 25 heavy (non-hydrogen) atoms. The van der Waals surface area contributed by atoms with Crippen LogP contribution in [0.1, 0.15) is 12.8 Å². The summed E-state index contributed by atoms with van der Waals surface area (Å²) in [7, 11) is 0. The van der Waals surface area contributed by atoms with Gasteiger partial charge in [0.2, 0.25) is 5.95 Å². The Morgan fingerprint density at radius 2 is 1.84 bits per heavy atom. The van der Waals surface area contributed by atoms with E-state index < -0.39 is 4.92 Å². The van der Waals surface area contributed by atoms with Gasteiger partial charge in [0, 0.05) is 31.4 Å². The summed E-state index contributed by atoms with van der Waals surface area (Å²) in [6, 6.07) is 7.81. The van der Waals surface area contributed by atoms with Crippen LogP contribution in [0, 0.1) is 10.1 Å². The van der Waals surface area contributed by atoms with E-state index in [4.69, 9.17) is 0 Å². The second kappa shape index (κ2) is 5.97. The van der Waals surface area contributed by atoms with Crippen molar-refractivity contribution >= 4 is 22.7 Å². The summed E-state index contributed by atoms with van der Waals surface area (Å²) in [5.41, 5.74) is 1.49. The van der Waals surface area contributed by atoms with Gasteiger partial charge in [-0.15, -0.1) is 0 Å². The predicted molar refractivity (Wildman–Crippen MR) is 93.7 cm³/mol. The summed E-state index contributed by atoms with van der Waals surface area (Å²) in [5.74, 6) is 0.545. The van der Waals surface area contributed by atoms with Gasteiger partial charge in [-0.1, -0.05) is 0 Å². The zero-order valence-electron chi connectivity index (χ0n) is 13.3. The molecule has 4 rings (SSSR count). The Kier molecular flexibility index (Phi) is 3.64. The van der Waals surface area contributed by atoms with Crippen LogP contribution in [0.2, 0.25) is 0 Å². The standard InChI is InChI=1S/C17H15N5O3/c23-16-14-13(11-3-5-12(6-4-11)22(24)25)7-8-18-15(14)19-17(20-16)21-9-1-2-10-21/h3-8H,1-2,9-10H2,(H,18,19,20,23). The zero-order chi connectivity index (χ0) is 17.4. The van der Waals surface area contributed by atoms with Crippen LogP contribution in [0.4, 0.5) is 11.6 Å². The van der Waals surface area contributed by atoms with Gasteiger partial charge in [-0.2, -0.15) is 4.98 Å². The highest BCUT2D eigenvalue weighted by molar-refractivity contribution is 5.92. The van der Waals surface area contributed by atoms with Crippen LogP contribution in [-0.4, -0.2) is 33.0 Å². The van der Waals surface area contributed by atoms with E-state index in [-0.39, 0.29) is 11.2 Å². The minimum Gasteiger partial charge on any atom is -0.342 e. The number of nitrogens with one attached hydrogen (secondary N) is 1. The predicted octanol–water partition coefficient (Wildman–Crippen LogP) is 2.49. The van der Waals surface area contributed by atoms with Crippen LogP contribution in [0.3, 0.4) is 0 Å². The van der Waals surface area contributed by atoms with Crippen molar-refractivity contribution in [2.45, 2.75) is 12.8 Å². The summed E-state index contributed by atoms with van der Waals surface area (Å²) in [6.07, 6.45) is 3.76. The lowest BCUT2D eigenvalue weighted by Gasteiger charge is -2.16. The van der Waals surface area contributed by atoms with Crippen molar-refractivity contribution < 1.29 is 4.92 Å². The van der Waals surface area contributed by atoms with Gasteiger partial charge in [0.05, 0.1) is 10.3 Å². The molecular formula is C17H15N5O3. The Morgan fingerprint density at radius 3 is 2.52 bits per heavy atom. The number of fused-ring (bicyclic) bond motifs is 1. The lowest BCUT2D eigenvalue weighted by atomic mass is 10.0. The number of rotatable bonds is 3. The largest absolute Gasteiger partial charge is 0.342 e. The van der Waals surface area contributed by atoms with Crippen molar-refractivity contribution in [1.29, 1.82) is 0 Å². The van der Waals surface area contributed by atoms with Gasteiger partial charge >= 0.3 is 0 Å². The first-order chi connectivity index (χ1) is 12.1. The SMILES string of the molecule is O=c1[nH]c(N2CCCC2)nc2nccc(-c3ccc([N+](=O)[O-])cc3)c12. The molecule has 126 valence electrons. The summed E-state index contributed by atoms with van der Waals surface area (Å²) in [5, 5.41) is 11.2.